The van der Waals surface area contributed by atoms with Gasteiger partial charge in [-0.2, -0.15) is 0 Å². The molecule has 0 fully saturated rings. The van der Waals surface area contributed by atoms with Crippen LogP contribution in [0.5, 0.6) is 5.75 Å². The molecular formula is C57H85N17O23. The number of imidazole rings is 1. The highest BCUT2D eigenvalue weighted by molar-refractivity contribution is 6.01. The smallest absolute Gasteiger partial charge is 0.326 e. The highest BCUT2D eigenvalue weighted by Crippen LogP contribution is 2.14. The number of carboxylic acids is 3. The van der Waals surface area contributed by atoms with E-state index in [1.807, 2.05) is 10.6 Å². The van der Waals surface area contributed by atoms with Crippen molar-refractivity contribution in [1.29, 1.82) is 0 Å². The Morgan fingerprint density at radius 1 is 0.495 bits per heavy atom. The number of carbonyl (C=O) groups is 17. The largest absolute Gasteiger partial charge is 0.508 e. The van der Waals surface area contributed by atoms with Crippen molar-refractivity contribution < 1.29 is 112 Å². The van der Waals surface area contributed by atoms with Gasteiger partial charge in [0.15, 0.2) is 0 Å². The topological polar surface area (TPSA) is 677 Å². The minimum absolute atomic E-state index is 0.0704. The van der Waals surface area contributed by atoms with Gasteiger partial charge in [-0.05, 0) is 55.7 Å². The third-order valence-electron chi connectivity index (χ3n) is 13.9. The number of hydrogen-bond acceptors (Lipinski definition) is 22. The van der Waals surface area contributed by atoms with Crippen molar-refractivity contribution in [3.63, 3.8) is 0 Å². The molecule has 97 heavy (non-hydrogen) atoms. The molecule has 1 aromatic carbocycles. The van der Waals surface area contributed by atoms with Gasteiger partial charge in [-0.1, -0.05) is 39.8 Å². The number of aliphatic hydroxyl groups is 2. The summed E-state index contributed by atoms with van der Waals surface area (Å²) in [5.74, 6) is -23.0. The van der Waals surface area contributed by atoms with Crippen LogP contribution < -0.4 is 81.4 Å². The van der Waals surface area contributed by atoms with E-state index in [0.717, 1.165) is 6.92 Å². The summed E-state index contributed by atoms with van der Waals surface area (Å²) in [6.45, 7) is 4.84. The lowest BCUT2D eigenvalue weighted by Gasteiger charge is -2.27. The Hall–Kier alpha value is -10.9. The van der Waals surface area contributed by atoms with E-state index in [4.69, 9.17) is 22.9 Å². The number of H-pyrrole nitrogens is 1. The summed E-state index contributed by atoms with van der Waals surface area (Å²) in [5.41, 5.74) is 22.8. The van der Waals surface area contributed by atoms with E-state index in [1.54, 1.807) is 13.8 Å². The fraction of sp³-hybridized carbons (Fsp3) is 0.544. The highest BCUT2D eigenvalue weighted by atomic mass is 16.4. The second kappa shape index (κ2) is 40.4. The number of nitrogens with one attached hydrogen (secondary N) is 12. The number of aromatic hydroxyl groups is 1. The quantitative estimate of drug-likeness (QED) is 0.0293. The average Bonchev–Trinajstić information content (AvgIpc) is 1.22. The number of aromatic amines is 1. The van der Waals surface area contributed by atoms with Gasteiger partial charge in [-0.3, -0.25) is 76.7 Å². The van der Waals surface area contributed by atoms with Gasteiger partial charge >= 0.3 is 17.9 Å². The Morgan fingerprint density at radius 3 is 1.41 bits per heavy atom. The Bertz CT molecular complexity index is 3150. The summed E-state index contributed by atoms with van der Waals surface area (Å²) in [4.78, 5) is 228. The predicted molar refractivity (Wildman–Crippen MR) is 330 cm³/mol. The molecule has 40 nitrogen and oxygen atoms in total. The van der Waals surface area contributed by atoms with Crippen LogP contribution in [-0.4, -0.2) is 227 Å². The van der Waals surface area contributed by atoms with Crippen molar-refractivity contribution in [2.75, 3.05) is 13.2 Å². The molecule has 0 spiro atoms. The summed E-state index contributed by atoms with van der Waals surface area (Å²) in [5, 5.41) is 83.5. The van der Waals surface area contributed by atoms with Gasteiger partial charge in [0.1, 0.15) is 66.2 Å². The predicted octanol–water partition coefficient (Wildman–Crippen LogP) is -9.29. The number of phenols is 1. The van der Waals surface area contributed by atoms with E-state index in [1.165, 1.54) is 50.6 Å². The lowest BCUT2D eigenvalue weighted by atomic mass is 10.0. The molecule has 0 unspecified atom stereocenters. The maximum absolute atomic E-state index is 13.9. The highest BCUT2D eigenvalue weighted by Gasteiger charge is 2.38. The van der Waals surface area contributed by atoms with E-state index in [2.05, 4.69) is 57.8 Å². The van der Waals surface area contributed by atoms with Gasteiger partial charge in [0.2, 0.25) is 82.7 Å². The van der Waals surface area contributed by atoms with Crippen molar-refractivity contribution in [3.05, 3.63) is 48.0 Å². The molecule has 40 heteroatoms. The van der Waals surface area contributed by atoms with Crippen LogP contribution in [0.4, 0.5) is 0 Å². The SMILES string of the molecule is CC(C)C[C@H](NC(=O)[C@H](CC(N)=O)NC(=O)[C@@H](N)Cc1cnc[nH]1)C(=O)N[C@@H](CO)C(=O)N[C@@H](CCC(N)=O)C(=O)N[C@@H](CC(N)=O)C(=O)N[C@@H](CC(=O)O)C(=O)NCC(=O)N[C@H](C(=O)N[C@@H](CCC(=O)O)C(=O)N[C@@H](Cc1ccc(O)cc1)C(=O)N[C@H](C(=O)O)C(C)C)[C@@H](C)O. The number of carboxylic acid groups (broad SMARTS) is 3. The molecular weight excluding hydrogens is 1290 g/mol. The first kappa shape index (κ1) is 82.2. The van der Waals surface area contributed by atoms with E-state index in [0.29, 0.717) is 11.3 Å². The minimum atomic E-state index is -2.18. The van der Waals surface area contributed by atoms with Gasteiger partial charge in [-0.15, -0.1) is 0 Å². The van der Waals surface area contributed by atoms with Crippen LogP contribution in [0.15, 0.2) is 36.8 Å². The number of hydrogen-bond donors (Lipinski definition) is 22. The summed E-state index contributed by atoms with van der Waals surface area (Å²) in [6.07, 6.45) is -5.66. The number of phenolic OH excluding ortho intramolecular Hbond substituents is 1. The monoisotopic (exact) mass is 1380 g/mol. The first-order valence-electron chi connectivity index (χ1n) is 29.9. The lowest BCUT2D eigenvalue weighted by molar-refractivity contribution is -0.143. The second-order valence-electron chi connectivity index (χ2n) is 23.0. The third kappa shape index (κ3) is 30.4. The number of amides is 14. The summed E-state index contributed by atoms with van der Waals surface area (Å²) >= 11 is 0. The molecule has 0 aliphatic rings. The number of aliphatic carboxylic acids is 3. The molecule has 0 saturated heterocycles. The zero-order valence-corrected chi connectivity index (χ0v) is 53.4. The molecule has 26 N–H and O–H groups in total. The molecule has 0 saturated carbocycles. The molecule has 2 rings (SSSR count). The fourth-order valence-electron chi connectivity index (χ4n) is 8.86. The van der Waals surface area contributed by atoms with Crippen LogP contribution >= 0.6 is 0 Å². The molecule has 14 amide bonds. The van der Waals surface area contributed by atoms with E-state index < -0.39 is 237 Å². The van der Waals surface area contributed by atoms with Gasteiger partial charge in [0, 0.05) is 37.6 Å². The van der Waals surface area contributed by atoms with Crippen LogP contribution in [-0.2, 0) is 94.3 Å². The zero-order valence-electron chi connectivity index (χ0n) is 53.4. The third-order valence-corrected chi connectivity index (χ3v) is 13.9. The zero-order chi connectivity index (χ0) is 73.6. The fourth-order valence-corrected chi connectivity index (χ4v) is 8.86. The normalized spacial score (nSPS) is 14.7. The molecule has 536 valence electrons. The van der Waals surface area contributed by atoms with E-state index in [-0.39, 0.29) is 30.9 Å². The molecule has 2 aromatic rings. The van der Waals surface area contributed by atoms with Gasteiger partial charge in [0.25, 0.3) is 0 Å². The standard InChI is InChI=1S/C57H85N17O23/c1-24(2)14-33(68-52(91)35(17-40(60)79)67-47(86)30(58)16-28-20-62-23-64-28)51(90)72-38(22-75)55(94)65-31(10-12-39(59)78)49(88)70-36(18-41(61)80)53(92)71-37(19-44(84)85)48(87)63-21-42(81)73-46(26(5)76)56(95)66-32(11-13-43(82)83)50(89)69-34(15-27-6-8-29(77)9-7-27)54(93)74-45(25(3)4)57(96)97/h6-9,20,23-26,30-38,45-46,75-77H,10-19,21-22,58H2,1-5H3,(H2,59,78)(H2,60,79)(H2,61,80)(H,62,64)(H,63,87)(H,65,94)(H,66,95)(H,67,86)(H,68,91)(H,69,89)(H,70,88)(H,71,92)(H,72,90)(H,73,81)(H,74,93)(H,82,83)(H,84,85)(H,96,97)/t26-,30+,31+,32+,33+,34+,35+,36+,37+,38+,45+,46+/m1/s1. The molecule has 1 aromatic heterocycles. The number of aromatic nitrogens is 2. The van der Waals surface area contributed by atoms with Crippen LogP contribution in [0.1, 0.15) is 97.2 Å². The number of nitrogens with zero attached hydrogens (tertiary/aromatic N) is 1. The van der Waals surface area contributed by atoms with Crippen LogP contribution in [0.3, 0.4) is 0 Å². The van der Waals surface area contributed by atoms with Crippen LogP contribution in [0, 0.1) is 11.8 Å². The number of nitrogens with two attached hydrogens (primary N) is 4. The molecule has 0 bridgehead atoms. The van der Waals surface area contributed by atoms with Crippen molar-refractivity contribution in [3.8, 4) is 5.75 Å². The Balaban J connectivity index is 2.32. The van der Waals surface area contributed by atoms with Crippen LogP contribution in [0.2, 0.25) is 0 Å². The summed E-state index contributed by atoms with van der Waals surface area (Å²) < 4.78 is 0. The number of benzene rings is 1. The molecule has 0 radical (unpaired) electrons. The van der Waals surface area contributed by atoms with Crippen molar-refractivity contribution in [1.82, 2.24) is 68.5 Å². The first-order chi connectivity index (χ1) is 45.3. The maximum atomic E-state index is 13.9. The van der Waals surface area contributed by atoms with Gasteiger partial charge in [-0.25, -0.2) is 9.78 Å². The summed E-state index contributed by atoms with van der Waals surface area (Å²) in [6, 6.07) is -14.4. The maximum Gasteiger partial charge on any atom is 0.326 e. The average molecular weight is 1380 g/mol. The minimum Gasteiger partial charge on any atom is -0.508 e. The van der Waals surface area contributed by atoms with Crippen LogP contribution in [0.25, 0.3) is 0 Å². The molecule has 1 heterocycles. The summed E-state index contributed by atoms with van der Waals surface area (Å²) in [7, 11) is 0. The van der Waals surface area contributed by atoms with E-state index >= 15 is 0 Å². The van der Waals surface area contributed by atoms with Crippen molar-refractivity contribution in [2.45, 2.75) is 171 Å². The Labute approximate surface area is 552 Å². The Kier molecular flexibility index (Phi) is 34.2. The second-order valence-corrected chi connectivity index (χ2v) is 23.0. The number of carbonyl (C=O) groups excluding carboxylic acids is 14. The van der Waals surface area contributed by atoms with Crippen molar-refractivity contribution in [2.24, 2.45) is 34.8 Å². The first-order valence-corrected chi connectivity index (χ1v) is 29.9. The molecule has 12 atom stereocenters. The van der Waals surface area contributed by atoms with Crippen molar-refractivity contribution >= 4 is 101 Å². The van der Waals surface area contributed by atoms with Gasteiger partial charge in [0.05, 0.1) is 50.9 Å². The molecule has 0 aliphatic carbocycles. The lowest BCUT2D eigenvalue weighted by Crippen LogP contribution is -2.61. The van der Waals surface area contributed by atoms with Gasteiger partial charge < -0.3 is 117 Å². The van der Waals surface area contributed by atoms with E-state index in [9.17, 15) is 112 Å². The number of aliphatic hydroxyl groups excluding tert-OH is 2. The molecule has 0 aliphatic heterocycles. The Morgan fingerprint density at radius 2 is 0.948 bits per heavy atom. The number of rotatable bonds is 44. The number of primary amides is 3.